The molecule has 0 aliphatic heterocycles. The first-order valence-electron chi connectivity index (χ1n) is 9.09. The second-order valence-corrected chi connectivity index (χ2v) is 6.80. The van der Waals surface area contributed by atoms with E-state index in [9.17, 15) is 14.4 Å². The van der Waals surface area contributed by atoms with Gasteiger partial charge in [0.25, 0.3) is 0 Å². The molecule has 0 fully saturated rings. The molecule has 0 saturated heterocycles. The zero-order chi connectivity index (χ0) is 21.5. The maximum absolute atomic E-state index is 12.7. The Balaban J connectivity index is 1.82. The lowest BCUT2D eigenvalue weighted by Crippen LogP contribution is -2.38. The zero-order valence-corrected chi connectivity index (χ0v) is 16.8. The number of methoxy groups -OCH3 is 1. The fraction of sp³-hybridized carbons (Fsp3) is 0.0870. The Morgan fingerprint density at radius 1 is 0.833 bits per heavy atom. The van der Waals surface area contributed by atoms with Crippen molar-refractivity contribution in [2.24, 2.45) is 0 Å². The largest absolute Gasteiger partial charge is 0.465 e. The minimum atomic E-state index is -0.917. The standard InChI is InChI=1S/C23H19ClN2O4/c1-30-23(29)18-14-17(24)12-13-19(18)25-21(27)22(28)26-20(15-8-4-2-5-9-15)16-10-6-3-7-11-16/h2-14,20H,1H3,(H,25,27)(H,26,28). The molecule has 0 radical (unpaired) electrons. The summed E-state index contributed by atoms with van der Waals surface area (Å²) in [6.07, 6.45) is 0. The molecule has 0 spiro atoms. The normalized spacial score (nSPS) is 10.4. The van der Waals surface area contributed by atoms with Crippen LogP contribution in [0.2, 0.25) is 5.02 Å². The summed E-state index contributed by atoms with van der Waals surface area (Å²) in [5, 5.41) is 5.50. The Labute approximate surface area is 178 Å². The fourth-order valence-corrected chi connectivity index (χ4v) is 3.10. The molecule has 3 aromatic rings. The lowest BCUT2D eigenvalue weighted by Gasteiger charge is -2.20. The second-order valence-electron chi connectivity index (χ2n) is 6.36. The van der Waals surface area contributed by atoms with Gasteiger partial charge in [-0.2, -0.15) is 0 Å². The van der Waals surface area contributed by atoms with Crippen molar-refractivity contribution in [3.8, 4) is 0 Å². The van der Waals surface area contributed by atoms with Gasteiger partial charge in [-0.15, -0.1) is 0 Å². The molecule has 3 aromatic carbocycles. The van der Waals surface area contributed by atoms with Gasteiger partial charge in [0, 0.05) is 5.02 Å². The first-order valence-corrected chi connectivity index (χ1v) is 9.47. The summed E-state index contributed by atoms with van der Waals surface area (Å²) < 4.78 is 4.70. The third-order valence-corrected chi connectivity index (χ3v) is 4.62. The second kappa shape index (κ2) is 9.71. The van der Waals surface area contributed by atoms with Crippen molar-refractivity contribution in [1.82, 2.24) is 5.32 Å². The molecule has 0 atom stereocenters. The van der Waals surface area contributed by atoms with E-state index in [4.69, 9.17) is 16.3 Å². The summed E-state index contributed by atoms with van der Waals surface area (Å²) in [6.45, 7) is 0. The predicted molar refractivity (Wildman–Crippen MR) is 114 cm³/mol. The van der Waals surface area contributed by atoms with Crippen LogP contribution in [0.3, 0.4) is 0 Å². The van der Waals surface area contributed by atoms with Crippen molar-refractivity contribution >= 4 is 35.1 Å². The quantitative estimate of drug-likeness (QED) is 0.481. The van der Waals surface area contributed by atoms with E-state index < -0.39 is 23.8 Å². The lowest BCUT2D eigenvalue weighted by atomic mass is 9.98. The van der Waals surface area contributed by atoms with E-state index in [1.54, 1.807) is 0 Å². The van der Waals surface area contributed by atoms with Crippen LogP contribution in [0.5, 0.6) is 0 Å². The van der Waals surface area contributed by atoms with Crippen molar-refractivity contribution in [3.63, 3.8) is 0 Å². The fourth-order valence-electron chi connectivity index (χ4n) is 2.93. The topological polar surface area (TPSA) is 84.5 Å². The maximum Gasteiger partial charge on any atom is 0.340 e. The van der Waals surface area contributed by atoms with Gasteiger partial charge >= 0.3 is 17.8 Å². The molecule has 0 aliphatic carbocycles. The molecule has 3 rings (SSSR count). The number of hydrogen-bond acceptors (Lipinski definition) is 4. The van der Waals surface area contributed by atoms with E-state index in [1.807, 2.05) is 60.7 Å². The van der Waals surface area contributed by atoms with E-state index in [2.05, 4.69) is 10.6 Å². The highest BCUT2D eigenvalue weighted by Gasteiger charge is 2.23. The molecule has 0 heterocycles. The van der Waals surface area contributed by atoms with Crippen LogP contribution in [0.25, 0.3) is 0 Å². The third-order valence-electron chi connectivity index (χ3n) is 4.38. The average Bonchev–Trinajstić information content (AvgIpc) is 2.79. The Morgan fingerprint density at radius 2 is 1.40 bits per heavy atom. The highest BCUT2D eigenvalue weighted by Crippen LogP contribution is 2.23. The van der Waals surface area contributed by atoms with Gasteiger partial charge in [-0.05, 0) is 29.3 Å². The SMILES string of the molecule is COC(=O)c1cc(Cl)ccc1NC(=O)C(=O)NC(c1ccccc1)c1ccccc1. The Morgan fingerprint density at radius 3 is 1.93 bits per heavy atom. The number of amides is 2. The zero-order valence-electron chi connectivity index (χ0n) is 16.1. The van der Waals surface area contributed by atoms with Crippen LogP contribution in [-0.2, 0) is 14.3 Å². The number of carbonyl (C=O) groups excluding carboxylic acids is 3. The monoisotopic (exact) mass is 422 g/mol. The van der Waals surface area contributed by atoms with Gasteiger partial charge in [0.15, 0.2) is 0 Å². The number of rotatable bonds is 5. The summed E-state index contributed by atoms with van der Waals surface area (Å²) in [7, 11) is 1.21. The molecule has 0 saturated carbocycles. The van der Waals surface area contributed by atoms with Crippen LogP contribution in [0.4, 0.5) is 5.69 Å². The van der Waals surface area contributed by atoms with Crippen molar-refractivity contribution in [1.29, 1.82) is 0 Å². The van der Waals surface area contributed by atoms with Crippen molar-refractivity contribution in [2.45, 2.75) is 6.04 Å². The predicted octanol–water partition coefficient (Wildman–Crippen LogP) is 3.97. The minimum absolute atomic E-state index is 0.0498. The molecule has 30 heavy (non-hydrogen) atoms. The first kappa shape index (κ1) is 21.1. The smallest absolute Gasteiger partial charge is 0.340 e. The third kappa shape index (κ3) is 5.04. The summed E-state index contributed by atoms with van der Waals surface area (Å²) in [5.74, 6) is -2.45. The molecule has 2 N–H and O–H groups in total. The number of benzene rings is 3. The van der Waals surface area contributed by atoms with Crippen LogP contribution in [-0.4, -0.2) is 24.9 Å². The van der Waals surface area contributed by atoms with Gasteiger partial charge in [0.1, 0.15) is 0 Å². The minimum Gasteiger partial charge on any atom is -0.465 e. The van der Waals surface area contributed by atoms with E-state index >= 15 is 0 Å². The van der Waals surface area contributed by atoms with Crippen molar-refractivity contribution < 1.29 is 19.1 Å². The molecular weight excluding hydrogens is 404 g/mol. The van der Waals surface area contributed by atoms with E-state index in [0.29, 0.717) is 5.02 Å². The first-order chi connectivity index (χ1) is 14.5. The average molecular weight is 423 g/mol. The number of halogens is 1. The summed E-state index contributed by atoms with van der Waals surface area (Å²) in [5.41, 5.74) is 1.83. The molecule has 152 valence electrons. The van der Waals surface area contributed by atoms with Crippen LogP contribution in [0, 0.1) is 0 Å². The Kier molecular flexibility index (Phi) is 6.83. The number of carbonyl (C=O) groups is 3. The number of anilines is 1. The molecule has 0 unspecified atom stereocenters. The highest BCUT2D eigenvalue weighted by atomic mass is 35.5. The van der Waals surface area contributed by atoms with Gasteiger partial charge in [-0.25, -0.2) is 4.79 Å². The van der Waals surface area contributed by atoms with Crippen LogP contribution in [0.15, 0.2) is 78.9 Å². The summed E-state index contributed by atoms with van der Waals surface area (Å²) >= 11 is 5.92. The van der Waals surface area contributed by atoms with E-state index in [0.717, 1.165) is 11.1 Å². The van der Waals surface area contributed by atoms with Gasteiger partial charge in [-0.3, -0.25) is 9.59 Å². The Bertz CT molecular complexity index is 1020. The molecule has 0 aliphatic rings. The van der Waals surface area contributed by atoms with Crippen LogP contribution in [0.1, 0.15) is 27.5 Å². The summed E-state index contributed by atoms with van der Waals surface area (Å²) in [4.78, 5) is 37.2. The molecular formula is C23H19ClN2O4. The van der Waals surface area contributed by atoms with Gasteiger partial charge < -0.3 is 15.4 Å². The van der Waals surface area contributed by atoms with Crippen LogP contribution >= 0.6 is 11.6 Å². The van der Waals surface area contributed by atoms with Crippen molar-refractivity contribution in [3.05, 3.63) is 101 Å². The summed E-state index contributed by atoms with van der Waals surface area (Å²) in [6, 6.07) is 22.4. The number of esters is 1. The molecule has 0 aromatic heterocycles. The Hall–Kier alpha value is -3.64. The van der Waals surface area contributed by atoms with Gasteiger partial charge in [0.2, 0.25) is 0 Å². The molecule has 0 bridgehead atoms. The van der Waals surface area contributed by atoms with Gasteiger partial charge in [-0.1, -0.05) is 72.3 Å². The number of hydrogen-bond donors (Lipinski definition) is 2. The lowest BCUT2D eigenvalue weighted by molar-refractivity contribution is -0.136. The molecule has 7 heteroatoms. The highest BCUT2D eigenvalue weighted by molar-refractivity contribution is 6.40. The molecule has 6 nitrogen and oxygen atoms in total. The number of nitrogens with one attached hydrogen (secondary N) is 2. The van der Waals surface area contributed by atoms with Crippen LogP contribution < -0.4 is 10.6 Å². The maximum atomic E-state index is 12.7. The van der Waals surface area contributed by atoms with Crippen molar-refractivity contribution in [2.75, 3.05) is 12.4 Å². The van der Waals surface area contributed by atoms with E-state index in [-0.39, 0.29) is 11.3 Å². The van der Waals surface area contributed by atoms with E-state index in [1.165, 1.54) is 25.3 Å². The number of ether oxygens (including phenoxy) is 1. The van der Waals surface area contributed by atoms with Gasteiger partial charge in [0.05, 0.1) is 24.4 Å². The molecule has 2 amide bonds.